The second kappa shape index (κ2) is 5.54. The number of nitrogens with one attached hydrogen (secondary N) is 2. The number of hydrogen-bond acceptors (Lipinski definition) is 2. The second-order valence-corrected chi connectivity index (χ2v) is 3.25. The maximum atomic E-state index is 3.88. The van der Waals surface area contributed by atoms with Crippen LogP contribution in [-0.2, 0) is 6.54 Å². The summed E-state index contributed by atoms with van der Waals surface area (Å²) in [5, 5.41) is 10.1. The van der Waals surface area contributed by atoms with E-state index in [2.05, 4.69) is 29.0 Å². The molecule has 3 heteroatoms. The predicted molar refractivity (Wildman–Crippen MR) is 54.3 cm³/mol. The maximum Gasteiger partial charge on any atom is 0.0532 e. The van der Waals surface area contributed by atoms with E-state index in [-0.39, 0.29) is 0 Å². The van der Waals surface area contributed by atoms with Gasteiger partial charge in [0.2, 0.25) is 0 Å². The number of rotatable bonds is 6. The average Bonchev–Trinajstić information content (AvgIpc) is 2.64. The van der Waals surface area contributed by atoms with Crippen molar-refractivity contribution in [2.75, 3.05) is 0 Å². The number of nitrogens with zero attached hydrogens (tertiary/aromatic N) is 1. The van der Waals surface area contributed by atoms with Crippen molar-refractivity contribution >= 4 is 0 Å². The summed E-state index contributed by atoms with van der Waals surface area (Å²) in [6.45, 7) is 6.77. The SMILES string of the molecule is C=CCCC(C)NCc1cn[nH]c1. The molecule has 0 saturated carbocycles. The minimum atomic E-state index is 0.535. The zero-order valence-electron chi connectivity index (χ0n) is 8.09. The molecule has 0 spiro atoms. The molecule has 3 nitrogen and oxygen atoms in total. The summed E-state index contributed by atoms with van der Waals surface area (Å²) in [4.78, 5) is 0. The van der Waals surface area contributed by atoms with Gasteiger partial charge in [-0.1, -0.05) is 6.08 Å². The van der Waals surface area contributed by atoms with Gasteiger partial charge in [-0.15, -0.1) is 6.58 Å². The first-order valence-corrected chi connectivity index (χ1v) is 4.65. The summed E-state index contributed by atoms with van der Waals surface area (Å²) in [6.07, 6.45) is 7.91. The van der Waals surface area contributed by atoms with E-state index in [0.29, 0.717) is 6.04 Å². The Balaban J connectivity index is 2.15. The van der Waals surface area contributed by atoms with E-state index in [1.807, 2.05) is 18.5 Å². The summed E-state index contributed by atoms with van der Waals surface area (Å²) in [6, 6.07) is 0.535. The normalized spacial score (nSPS) is 12.7. The van der Waals surface area contributed by atoms with E-state index in [0.717, 1.165) is 19.4 Å². The van der Waals surface area contributed by atoms with E-state index >= 15 is 0 Å². The van der Waals surface area contributed by atoms with Gasteiger partial charge in [-0.2, -0.15) is 5.10 Å². The quantitative estimate of drug-likeness (QED) is 0.654. The van der Waals surface area contributed by atoms with Gasteiger partial charge < -0.3 is 5.32 Å². The summed E-state index contributed by atoms with van der Waals surface area (Å²) < 4.78 is 0. The zero-order chi connectivity index (χ0) is 9.52. The van der Waals surface area contributed by atoms with Gasteiger partial charge in [0.1, 0.15) is 0 Å². The molecule has 0 bridgehead atoms. The minimum absolute atomic E-state index is 0.535. The third kappa shape index (κ3) is 3.90. The van der Waals surface area contributed by atoms with E-state index in [1.165, 1.54) is 5.56 Å². The van der Waals surface area contributed by atoms with Crippen molar-refractivity contribution in [3.63, 3.8) is 0 Å². The third-order valence-electron chi connectivity index (χ3n) is 2.01. The molecule has 0 radical (unpaired) electrons. The molecule has 1 aromatic heterocycles. The molecule has 0 saturated heterocycles. The van der Waals surface area contributed by atoms with E-state index in [9.17, 15) is 0 Å². The van der Waals surface area contributed by atoms with Gasteiger partial charge in [0.05, 0.1) is 6.20 Å². The molecule has 0 aliphatic heterocycles. The van der Waals surface area contributed by atoms with Crippen molar-refractivity contribution in [1.29, 1.82) is 0 Å². The fraction of sp³-hybridized carbons (Fsp3) is 0.500. The summed E-state index contributed by atoms with van der Waals surface area (Å²) in [5.41, 5.74) is 1.20. The monoisotopic (exact) mass is 179 g/mol. The summed E-state index contributed by atoms with van der Waals surface area (Å²) in [7, 11) is 0. The Morgan fingerprint density at radius 2 is 2.62 bits per heavy atom. The standard InChI is InChI=1S/C10H17N3/c1-3-4-5-9(2)11-6-10-7-12-13-8-10/h3,7-9,11H,1,4-6H2,2H3,(H,12,13). The number of hydrogen-bond donors (Lipinski definition) is 2. The molecular weight excluding hydrogens is 162 g/mol. The second-order valence-electron chi connectivity index (χ2n) is 3.25. The fourth-order valence-corrected chi connectivity index (χ4v) is 1.14. The molecule has 1 atom stereocenters. The molecule has 1 aromatic rings. The van der Waals surface area contributed by atoms with Crippen LogP contribution in [0, 0.1) is 0 Å². The number of aromatic amines is 1. The first-order valence-electron chi connectivity index (χ1n) is 4.65. The van der Waals surface area contributed by atoms with E-state index in [1.54, 1.807) is 0 Å². The largest absolute Gasteiger partial charge is 0.310 e. The van der Waals surface area contributed by atoms with Gasteiger partial charge in [0.15, 0.2) is 0 Å². The molecule has 72 valence electrons. The number of aromatic nitrogens is 2. The van der Waals surface area contributed by atoms with Crippen molar-refractivity contribution in [1.82, 2.24) is 15.5 Å². The molecular formula is C10H17N3. The topological polar surface area (TPSA) is 40.7 Å². The van der Waals surface area contributed by atoms with E-state index in [4.69, 9.17) is 0 Å². The van der Waals surface area contributed by atoms with Crippen LogP contribution in [0.15, 0.2) is 25.0 Å². The van der Waals surface area contributed by atoms with Crippen LogP contribution in [0.1, 0.15) is 25.3 Å². The summed E-state index contributed by atoms with van der Waals surface area (Å²) >= 11 is 0. The molecule has 0 aromatic carbocycles. The molecule has 0 fully saturated rings. The highest BCUT2D eigenvalue weighted by Crippen LogP contribution is 1.99. The predicted octanol–water partition coefficient (Wildman–Crippen LogP) is 1.85. The highest BCUT2D eigenvalue weighted by molar-refractivity contribution is 5.01. The van der Waals surface area contributed by atoms with Crippen LogP contribution >= 0.6 is 0 Å². The smallest absolute Gasteiger partial charge is 0.0532 e. The lowest BCUT2D eigenvalue weighted by atomic mass is 10.2. The van der Waals surface area contributed by atoms with E-state index < -0.39 is 0 Å². The molecule has 1 heterocycles. The lowest BCUT2D eigenvalue weighted by Gasteiger charge is -2.11. The van der Waals surface area contributed by atoms with Gasteiger partial charge in [-0.3, -0.25) is 5.10 Å². The molecule has 0 amide bonds. The molecule has 2 N–H and O–H groups in total. The first kappa shape index (κ1) is 9.99. The van der Waals surface area contributed by atoms with Gasteiger partial charge in [0, 0.05) is 24.3 Å². The average molecular weight is 179 g/mol. The number of H-pyrrole nitrogens is 1. The van der Waals surface area contributed by atoms with Gasteiger partial charge in [-0.25, -0.2) is 0 Å². The summed E-state index contributed by atoms with van der Waals surface area (Å²) in [5.74, 6) is 0. The van der Waals surface area contributed by atoms with Crippen LogP contribution < -0.4 is 5.32 Å². The zero-order valence-corrected chi connectivity index (χ0v) is 8.09. The van der Waals surface area contributed by atoms with Crippen LogP contribution in [0.3, 0.4) is 0 Å². The Morgan fingerprint density at radius 1 is 1.77 bits per heavy atom. The van der Waals surface area contributed by atoms with Crippen molar-refractivity contribution < 1.29 is 0 Å². The minimum Gasteiger partial charge on any atom is -0.310 e. The highest BCUT2D eigenvalue weighted by Gasteiger charge is 1.99. The fourth-order valence-electron chi connectivity index (χ4n) is 1.14. The Labute approximate surface area is 79.2 Å². The highest BCUT2D eigenvalue weighted by atomic mass is 15.1. The molecule has 0 aliphatic carbocycles. The third-order valence-corrected chi connectivity index (χ3v) is 2.01. The number of allylic oxidation sites excluding steroid dienone is 1. The Hall–Kier alpha value is -1.09. The Morgan fingerprint density at radius 3 is 3.23 bits per heavy atom. The van der Waals surface area contributed by atoms with Crippen LogP contribution in [0.2, 0.25) is 0 Å². The molecule has 1 rings (SSSR count). The first-order chi connectivity index (χ1) is 6.33. The van der Waals surface area contributed by atoms with Crippen LogP contribution in [0.4, 0.5) is 0 Å². The Bertz CT molecular complexity index is 228. The molecule has 13 heavy (non-hydrogen) atoms. The van der Waals surface area contributed by atoms with Crippen molar-refractivity contribution in [3.05, 3.63) is 30.6 Å². The van der Waals surface area contributed by atoms with Gasteiger partial charge in [-0.05, 0) is 19.8 Å². The Kier molecular flexibility index (Phi) is 4.26. The van der Waals surface area contributed by atoms with Crippen molar-refractivity contribution in [2.24, 2.45) is 0 Å². The van der Waals surface area contributed by atoms with Crippen LogP contribution in [0.25, 0.3) is 0 Å². The van der Waals surface area contributed by atoms with Gasteiger partial charge in [0.25, 0.3) is 0 Å². The van der Waals surface area contributed by atoms with Crippen LogP contribution in [0.5, 0.6) is 0 Å². The lowest BCUT2D eigenvalue weighted by molar-refractivity contribution is 0.518. The van der Waals surface area contributed by atoms with Crippen molar-refractivity contribution in [3.8, 4) is 0 Å². The van der Waals surface area contributed by atoms with Crippen LogP contribution in [-0.4, -0.2) is 16.2 Å². The van der Waals surface area contributed by atoms with Gasteiger partial charge >= 0.3 is 0 Å². The lowest BCUT2D eigenvalue weighted by Crippen LogP contribution is -2.24. The molecule has 1 unspecified atom stereocenters. The maximum absolute atomic E-state index is 3.88. The molecule has 0 aliphatic rings. The van der Waals surface area contributed by atoms with Crippen molar-refractivity contribution in [2.45, 2.75) is 32.4 Å².